The molecule has 4 nitrogen and oxygen atoms in total. The molecule has 2 rings (SSSR count). The van der Waals surface area contributed by atoms with Gasteiger partial charge in [0.1, 0.15) is 5.82 Å². The first kappa shape index (κ1) is 15.9. The molecule has 1 heterocycles. The smallest absolute Gasteiger partial charge is 0.128 e. The summed E-state index contributed by atoms with van der Waals surface area (Å²) in [5, 5.41) is 0. The Hall–Kier alpha value is -0.530. The second-order valence-electron chi connectivity index (χ2n) is 5.52. The van der Waals surface area contributed by atoms with Crippen LogP contribution in [0.1, 0.15) is 18.0 Å². The minimum atomic E-state index is -0.219. The molecule has 6 heteroatoms. The maximum absolute atomic E-state index is 14.0. The summed E-state index contributed by atoms with van der Waals surface area (Å²) in [7, 11) is 4.23. The highest BCUT2D eigenvalue weighted by Crippen LogP contribution is 2.26. The van der Waals surface area contributed by atoms with Crippen LogP contribution in [0.4, 0.5) is 4.39 Å². The van der Waals surface area contributed by atoms with Crippen molar-refractivity contribution in [2.24, 2.45) is 5.84 Å². The third kappa shape index (κ3) is 3.77. The summed E-state index contributed by atoms with van der Waals surface area (Å²) in [6, 6.07) is 5.15. The van der Waals surface area contributed by atoms with Crippen molar-refractivity contribution in [1.82, 2.24) is 15.2 Å². The molecule has 1 fully saturated rings. The molecule has 1 aliphatic heterocycles. The van der Waals surface area contributed by atoms with E-state index in [1.165, 1.54) is 6.07 Å². The molecule has 20 heavy (non-hydrogen) atoms. The van der Waals surface area contributed by atoms with E-state index in [4.69, 9.17) is 5.84 Å². The van der Waals surface area contributed by atoms with Gasteiger partial charge < -0.3 is 9.80 Å². The maximum atomic E-state index is 14.0. The van der Waals surface area contributed by atoms with Gasteiger partial charge in [-0.25, -0.2) is 4.39 Å². The van der Waals surface area contributed by atoms with E-state index in [1.807, 2.05) is 0 Å². The van der Waals surface area contributed by atoms with Crippen LogP contribution in [0.25, 0.3) is 0 Å². The maximum Gasteiger partial charge on any atom is 0.128 e. The number of nitrogens with zero attached hydrogens (tertiary/aromatic N) is 2. The normalized spacial score (nSPS) is 22.9. The van der Waals surface area contributed by atoms with E-state index in [2.05, 4.69) is 45.3 Å². The minimum Gasteiger partial charge on any atom is -0.304 e. The molecular formula is C14H22BrFN4. The second kappa shape index (κ2) is 6.95. The van der Waals surface area contributed by atoms with E-state index in [0.29, 0.717) is 11.6 Å². The van der Waals surface area contributed by atoms with Gasteiger partial charge in [-0.15, -0.1) is 0 Å². The minimum absolute atomic E-state index is 0.188. The molecule has 0 bridgehead atoms. The van der Waals surface area contributed by atoms with Crippen molar-refractivity contribution >= 4 is 15.9 Å². The highest BCUT2D eigenvalue weighted by Gasteiger charge is 2.26. The SMILES string of the molecule is CN1CCN(C)C(CC(NN)c2cc(Br)ccc2F)C1. The predicted molar refractivity (Wildman–Crippen MR) is 82.7 cm³/mol. The van der Waals surface area contributed by atoms with Crippen molar-refractivity contribution in [1.29, 1.82) is 0 Å². The van der Waals surface area contributed by atoms with Crippen molar-refractivity contribution in [3.05, 3.63) is 34.1 Å². The van der Waals surface area contributed by atoms with Gasteiger partial charge in [-0.3, -0.25) is 11.3 Å². The lowest BCUT2D eigenvalue weighted by Gasteiger charge is -2.39. The van der Waals surface area contributed by atoms with Crippen LogP contribution in [0.2, 0.25) is 0 Å². The molecule has 0 spiro atoms. The molecule has 3 N–H and O–H groups in total. The molecule has 0 aliphatic carbocycles. The van der Waals surface area contributed by atoms with E-state index >= 15 is 0 Å². The van der Waals surface area contributed by atoms with E-state index in [1.54, 1.807) is 12.1 Å². The van der Waals surface area contributed by atoms with Crippen LogP contribution in [0.3, 0.4) is 0 Å². The summed E-state index contributed by atoms with van der Waals surface area (Å²) in [4.78, 5) is 4.62. The van der Waals surface area contributed by atoms with Gasteiger partial charge in [0.05, 0.1) is 6.04 Å². The Bertz CT molecular complexity index is 457. The number of likely N-dealkylation sites (N-methyl/N-ethyl adjacent to an activating group) is 2. The number of halogens is 2. The summed E-state index contributed by atoms with van der Waals surface area (Å²) in [5.74, 6) is 5.44. The average Bonchev–Trinajstić information content (AvgIpc) is 2.42. The molecule has 2 unspecified atom stereocenters. The van der Waals surface area contributed by atoms with Crippen LogP contribution in [0.5, 0.6) is 0 Å². The zero-order chi connectivity index (χ0) is 14.7. The molecule has 112 valence electrons. The standard InChI is InChI=1S/C14H22BrFN4/c1-19-5-6-20(2)11(9-19)8-14(18-17)12-7-10(15)3-4-13(12)16/h3-4,7,11,14,18H,5-6,8-9,17H2,1-2H3. The number of benzene rings is 1. The first-order chi connectivity index (χ1) is 9.51. The Balaban J connectivity index is 2.13. The fourth-order valence-corrected chi connectivity index (χ4v) is 3.07. The van der Waals surface area contributed by atoms with E-state index in [9.17, 15) is 4.39 Å². The summed E-state index contributed by atoms with van der Waals surface area (Å²) >= 11 is 3.39. The molecule has 0 saturated carbocycles. The molecule has 0 radical (unpaired) electrons. The molecule has 1 aliphatic rings. The van der Waals surface area contributed by atoms with Gasteiger partial charge in [-0.2, -0.15) is 0 Å². The van der Waals surface area contributed by atoms with Gasteiger partial charge in [-0.1, -0.05) is 15.9 Å². The van der Waals surface area contributed by atoms with Gasteiger partial charge in [0.15, 0.2) is 0 Å². The topological polar surface area (TPSA) is 44.5 Å². The van der Waals surface area contributed by atoms with E-state index < -0.39 is 0 Å². The fraction of sp³-hybridized carbons (Fsp3) is 0.571. The number of nitrogens with one attached hydrogen (secondary N) is 1. The third-order valence-corrected chi connectivity index (χ3v) is 4.52. The highest BCUT2D eigenvalue weighted by molar-refractivity contribution is 9.10. The molecule has 1 saturated heterocycles. The fourth-order valence-electron chi connectivity index (χ4n) is 2.69. The van der Waals surface area contributed by atoms with Gasteiger partial charge >= 0.3 is 0 Å². The Kier molecular flexibility index (Phi) is 5.51. The largest absolute Gasteiger partial charge is 0.304 e. The zero-order valence-electron chi connectivity index (χ0n) is 11.9. The molecular weight excluding hydrogens is 323 g/mol. The monoisotopic (exact) mass is 344 g/mol. The van der Waals surface area contributed by atoms with Gasteiger partial charge in [0.25, 0.3) is 0 Å². The number of hydrazine groups is 1. The summed E-state index contributed by atoms with van der Waals surface area (Å²) < 4.78 is 14.9. The van der Waals surface area contributed by atoms with Gasteiger partial charge in [0, 0.05) is 35.7 Å². The number of hydrogen-bond donors (Lipinski definition) is 2. The molecule has 2 atom stereocenters. The van der Waals surface area contributed by atoms with Gasteiger partial charge in [0.2, 0.25) is 0 Å². The van der Waals surface area contributed by atoms with Crippen molar-refractivity contribution < 1.29 is 4.39 Å². The van der Waals surface area contributed by atoms with Crippen LogP contribution in [0, 0.1) is 5.82 Å². The van der Waals surface area contributed by atoms with Crippen LogP contribution >= 0.6 is 15.9 Å². The number of rotatable bonds is 4. The third-order valence-electron chi connectivity index (χ3n) is 4.02. The zero-order valence-corrected chi connectivity index (χ0v) is 13.5. The Morgan fingerprint density at radius 2 is 2.20 bits per heavy atom. The lowest BCUT2D eigenvalue weighted by atomic mass is 9.97. The van der Waals surface area contributed by atoms with E-state index in [-0.39, 0.29) is 11.9 Å². The van der Waals surface area contributed by atoms with Gasteiger partial charge in [-0.05, 0) is 38.7 Å². The first-order valence-electron chi connectivity index (χ1n) is 6.81. The van der Waals surface area contributed by atoms with Crippen LogP contribution in [0.15, 0.2) is 22.7 Å². The van der Waals surface area contributed by atoms with Crippen LogP contribution < -0.4 is 11.3 Å². The quantitative estimate of drug-likeness (QED) is 0.645. The van der Waals surface area contributed by atoms with Crippen molar-refractivity contribution in [3.63, 3.8) is 0 Å². The number of nitrogens with two attached hydrogens (primary N) is 1. The van der Waals surface area contributed by atoms with Crippen molar-refractivity contribution in [2.75, 3.05) is 33.7 Å². The molecule has 0 amide bonds. The Labute approximate surface area is 128 Å². The Morgan fingerprint density at radius 3 is 2.90 bits per heavy atom. The molecule has 0 aromatic heterocycles. The second-order valence-corrected chi connectivity index (χ2v) is 6.43. The lowest BCUT2D eigenvalue weighted by Crippen LogP contribution is -2.51. The predicted octanol–water partition coefficient (Wildman–Crippen LogP) is 1.73. The summed E-state index contributed by atoms with van der Waals surface area (Å²) in [6.45, 7) is 3.07. The summed E-state index contributed by atoms with van der Waals surface area (Å²) in [6.07, 6.45) is 0.782. The van der Waals surface area contributed by atoms with Crippen molar-refractivity contribution in [2.45, 2.75) is 18.5 Å². The van der Waals surface area contributed by atoms with Crippen LogP contribution in [-0.4, -0.2) is 49.6 Å². The van der Waals surface area contributed by atoms with E-state index in [0.717, 1.165) is 30.5 Å². The lowest BCUT2D eigenvalue weighted by molar-refractivity contribution is 0.101. The van der Waals surface area contributed by atoms with Crippen molar-refractivity contribution in [3.8, 4) is 0 Å². The highest BCUT2D eigenvalue weighted by atomic mass is 79.9. The number of hydrogen-bond acceptors (Lipinski definition) is 4. The Morgan fingerprint density at radius 1 is 1.45 bits per heavy atom. The average molecular weight is 345 g/mol. The number of piperazine rings is 1. The molecule has 1 aromatic rings. The first-order valence-corrected chi connectivity index (χ1v) is 7.60. The molecule has 1 aromatic carbocycles. The summed E-state index contributed by atoms with van der Waals surface area (Å²) in [5.41, 5.74) is 3.38. The van der Waals surface area contributed by atoms with Crippen LogP contribution in [-0.2, 0) is 0 Å².